The summed E-state index contributed by atoms with van der Waals surface area (Å²) in [7, 11) is 0. The van der Waals surface area contributed by atoms with Crippen molar-refractivity contribution in [2.75, 3.05) is 17.2 Å². The van der Waals surface area contributed by atoms with Crippen LogP contribution in [0, 0.1) is 12.7 Å². The van der Waals surface area contributed by atoms with Crippen molar-refractivity contribution in [2.45, 2.75) is 26.2 Å². The zero-order valence-corrected chi connectivity index (χ0v) is 14.1. The number of anilines is 2. The van der Waals surface area contributed by atoms with Gasteiger partial charge < -0.3 is 10.1 Å². The lowest BCUT2D eigenvalue weighted by Crippen LogP contribution is -2.24. The summed E-state index contributed by atoms with van der Waals surface area (Å²) in [6.45, 7) is 3.69. The number of hydrogen-bond donors (Lipinski definition) is 2. The quantitative estimate of drug-likeness (QED) is 0.879. The molecular weight excluding hydrogens is 323 g/mol. The predicted octanol–water partition coefficient (Wildman–Crippen LogP) is 4.18. The van der Waals surface area contributed by atoms with Crippen molar-refractivity contribution >= 4 is 23.4 Å². The lowest BCUT2D eigenvalue weighted by Gasteiger charge is -2.26. The maximum Gasteiger partial charge on any atom is 0.411 e. The van der Waals surface area contributed by atoms with E-state index in [0.717, 1.165) is 11.1 Å². The molecule has 0 fully saturated rings. The van der Waals surface area contributed by atoms with Gasteiger partial charge in [-0.2, -0.15) is 0 Å². The summed E-state index contributed by atoms with van der Waals surface area (Å²) in [4.78, 5) is 23.6. The Bertz CT molecular complexity index is 835. The zero-order valence-electron chi connectivity index (χ0n) is 14.1. The van der Waals surface area contributed by atoms with Crippen molar-refractivity contribution in [2.24, 2.45) is 0 Å². The molecule has 1 aliphatic heterocycles. The van der Waals surface area contributed by atoms with Gasteiger partial charge in [0.15, 0.2) is 0 Å². The fourth-order valence-corrected chi connectivity index (χ4v) is 2.95. The SMILES string of the molecule is CCOC(=O)Nc1ccc2c(c1)NC(=O)C[C@@H]2c1ccc(C)c(F)c1. The molecule has 25 heavy (non-hydrogen) atoms. The Kier molecular flexibility index (Phi) is 4.70. The van der Waals surface area contributed by atoms with E-state index in [1.54, 1.807) is 32.0 Å². The van der Waals surface area contributed by atoms with E-state index in [9.17, 15) is 14.0 Å². The first-order valence-corrected chi connectivity index (χ1v) is 8.11. The number of nitrogens with one attached hydrogen (secondary N) is 2. The van der Waals surface area contributed by atoms with Crippen LogP contribution >= 0.6 is 0 Å². The molecule has 1 aliphatic rings. The maximum absolute atomic E-state index is 13.9. The molecule has 0 saturated carbocycles. The highest BCUT2D eigenvalue weighted by atomic mass is 19.1. The Morgan fingerprint density at radius 3 is 2.84 bits per heavy atom. The highest BCUT2D eigenvalue weighted by Gasteiger charge is 2.27. The van der Waals surface area contributed by atoms with Crippen LogP contribution in [-0.4, -0.2) is 18.6 Å². The Labute approximate surface area is 145 Å². The standard InChI is InChI=1S/C19H19FN2O3/c1-3-25-19(24)21-13-6-7-14-15(10-18(23)22-17(14)9-13)12-5-4-11(2)16(20)8-12/h4-9,15H,3,10H2,1-2H3,(H,21,24)(H,22,23)/t15-/m1/s1. The van der Waals surface area contributed by atoms with E-state index in [-0.39, 0.29) is 30.7 Å². The molecule has 1 atom stereocenters. The van der Waals surface area contributed by atoms with Gasteiger partial charge in [-0.15, -0.1) is 0 Å². The van der Waals surface area contributed by atoms with E-state index >= 15 is 0 Å². The Hall–Kier alpha value is -2.89. The minimum absolute atomic E-state index is 0.147. The van der Waals surface area contributed by atoms with Gasteiger partial charge in [0.1, 0.15) is 5.82 Å². The lowest BCUT2D eigenvalue weighted by atomic mass is 9.84. The first kappa shape index (κ1) is 17.0. The molecule has 130 valence electrons. The Balaban J connectivity index is 1.93. The second kappa shape index (κ2) is 6.93. The molecule has 2 aromatic carbocycles. The molecule has 0 aliphatic carbocycles. The van der Waals surface area contributed by atoms with Gasteiger partial charge in [0.25, 0.3) is 0 Å². The Morgan fingerprint density at radius 2 is 2.12 bits per heavy atom. The molecule has 2 aromatic rings. The van der Waals surface area contributed by atoms with Crippen LogP contribution in [0.15, 0.2) is 36.4 Å². The van der Waals surface area contributed by atoms with Gasteiger partial charge in [-0.25, -0.2) is 9.18 Å². The summed E-state index contributed by atoms with van der Waals surface area (Å²) in [6, 6.07) is 10.3. The van der Waals surface area contributed by atoms with E-state index in [2.05, 4.69) is 10.6 Å². The van der Waals surface area contributed by atoms with Gasteiger partial charge in [-0.1, -0.05) is 18.2 Å². The molecule has 0 spiro atoms. The van der Waals surface area contributed by atoms with Crippen molar-refractivity contribution in [1.29, 1.82) is 0 Å². The van der Waals surface area contributed by atoms with E-state index < -0.39 is 6.09 Å². The van der Waals surface area contributed by atoms with Gasteiger partial charge in [0, 0.05) is 23.7 Å². The smallest absolute Gasteiger partial charge is 0.411 e. The summed E-state index contributed by atoms with van der Waals surface area (Å²) < 4.78 is 18.8. The van der Waals surface area contributed by atoms with Crippen LogP contribution < -0.4 is 10.6 Å². The third kappa shape index (κ3) is 3.63. The van der Waals surface area contributed by atoms with Gasteiger partial charge >= 0.3 is 6.09 Å². The van der Waals surface area contributed by atoms with Crippen LogP contribution in [0.2, 0.25) is 0 Å². The van der Waals surface area contributed by atoms with Crippen molar-refractivity contribution in [3.05, 3.63) is 58.9 Å². The largest absolute Gasteiger partial charge is 0.450 e. The minimum Gasteiger partial charge on any atom is -0.450 e. The van der Waals surface area contributed by atoms with Crippen molar-refractivity contribution in [1.82, 2.24) is 0 Å². The minimum atomic E-state index is -0.554. The molecule has 3 rings (SSSR count). The zero-order chi connectivity index (χ0) is 18.0. The average molecular weight is 342 g/mol. The lowest BCUT2D eigenvalue weighted by molar-refractivity contribution is -0.116. The van der Waals surface area contributed by atoms with Gasteiger partial charge in [0.05, 0.1) is 6.61 Å². The monoisotopic (exact) mass is 342 g/mol. The highest BCUT2D eigenvalue weighted by Crippen LogP contribution is 2.38. The number of carbonyl (C=O) groups excluding carboxylic acids is 2. The van der Waals surface area contributed by atoms with E-state index in [1.807, 2.05) is 12.1 Å². The second-order valence-corrected chi connectivity index (χ2v) is 5.96. The van der Waals surface area contributed by atoms with Crippen molar-refractivity contribution < 1.29 is 18.7 Å². The number of ether oxygens (including phenoxy) is 1. The van der Waals surface area contributed by atoms with Crippen LogP contribution in [0.4, 0.5) is 20.6 Å². The summed E-state index contributed by atoms with van der Waals surface area (Å²) in [5.41, 5.74) is 3.34. The summed E-state index contributed by atoms with van der Waals surface area (Å²) in [6.07, 6.45) is -0.304. The molecule has 0 aromatic heterocycles. The number of hydrogen-bond acceptors (Lipinski definition) is 3. The first-order chi connectivity index (χ1) is 12.0. The van der Waals surface area contributed by atoms with Gasteiger partial charge in [-0.05, 0) is 48.7 Å². The number of aryl methyl sites for hydroxylation is 1. The van der Waals surface area contributed by atoms with Crippen LogP contribution in [-0.2, 0) is 9.53 Å². The molecule has 5 nitrogen and oxygen atoms in total. The van der Waals surface area contributed by atoms with E-state index in [1.165, 1.54) is 6.07 Å². The van der Waals surface area contributed by atoms with Gasteiger partial charge in [0.2, 0.25) is 5.91 Å². The van der Waals surface area contributed by atoms with Crippen molar-refractivity contribution in [3.63, 3.8) is 0 Å². The number of amides is 2. The number of benzene rings is 2. The van der Waals surface area contributed by atoms with Crippen molar-refractivity contribution in [3.8, 4) is 0 Å². The highest BCUT2D eigenvalue weighted by molar-refractivity contribution is 5.96. The second-order valence-electron chi connectivity index (χ2n) is 5.96. The van der Waals surface area contributed by atoms with Crippen LogP contribution in [0.3, 0.4) is 0 Å². The molecular formula is C19H19FN2O3. The molecule has 0 bridgehead atoms. The molecule has 2 amide bonds. The fraction of sp³-hybridized carbons (Fsp3) is 0.263. The molecule has 2 N–H and O–H groups in total. The third-order valence-corrected chi connectivity index (χ3v) is 4.21. The summed E-state index contributed by atoms with van der Waals surface area (Å²) >= 11 is 0. The first-order valence-electron chi connectivity index (χ1n) is 8.11. The van der Waals surface area contributed by atoms with Crippen LogP contribution in [0.25, 0.3) is 0 Å². The third-order valence-electron chi connectivity index (χ3n) is 4.21. The normalized spacial score (nSPS) is 16.0. The molecule has 0 unspecified atom stereocenters. The maximum atomic E-state index is 13.9. The number of rotatable bonds is 3. The Morgan fingerprint density at radius 1 is 1.32 bits per heavy atom. The number of halogens is 1. The molecule has 6 heteroatoms. The fourth-order valence-electron chi connectivity index (χ4n) is 2.95. The van der Waals surface area contributed by atoms with Crippen LogP contribution in [0.5, 0.6) is 0 Å². The summed E-state index contributed by atoms with van der Waals surface area (Å²) in [5, 5.41) is 5.41. The van der Waals surface area contributed by atoms with E-state index in [0.29, 0.717) is 16.9 Å². The van der Waals surface area contributed by atoms with Gasteiger partial charge in [-0.3, -0.25) is 10.1 Å². The topological polar surface area (TPSA) is 67.4 Å². The average Bonchev–Trinajstić information content (AvgIpc) is 2.56. The molecule has 0 saturated heterocycles. The summed E-state index contributed by atoms with van der Waals surface area (Å²) in [5.74, 6) is -0.659. The number of carbonyl (C=O) groups is 2. The number of fused-ring (bicyclic) bond motifs is 1. The predicted molar refractivity (Wildman–Crippen MR) is 93.3 cm³/mol. The van der Waals surface area contributed by atoms with E-state index in [4.69, 9.17) is 4.74 Å². The molecule has 1 heterocycles. The van der Waals surface area contributed by atoms with Crippen LogP contribution in [0.1, 0.15) is 36.0 Å². The molecule has 0 radical (unpaired) electrons.